The molecule has 0 bridgehead atoms. The van der Waals surface area contributed by atoms with Crippen molar-refractivity contribution in [3.63, 3.8) is 0 Å². The standard InChI is InChI=1S/C13H13N3O2/c1-16(10-3-2-6-15-8-10)12-7-9(13(17)18)4-5-11(12)14/h2-8H,14H2,1H3,(H,17,18). The third-order valence-electron chi connectivity index (χ3n) is 2.67. The second-order valence-electron chi connectivity index (χ2n) is 3.85. The summed E-state index contributed by atoms with van der Waals surface area (Å²) in [5, 5.41) is 8.98. The highest BCUT2D eigenvalue weighted by Crippen LogP contribution is 2.29. The summed E-state index contributed by atoms with van der Waals surface area (Å²) in [7, 11) is 1.81. The maximum atomic E-state index is 11.0. The van der Waals surface area contributed by atoms with Crippen molar-refractivity contribution in [3.8, 4) is 0 Å². The molecule has 18 heavy (non-hydrogen) atoms. The minimum Gasteiger partial charge on any atom is -0.478 e. The molecule has 92 valence electrons. The van der Waals surface area contributed by atoms with Crippen molar-refractivity contribution in [2.75, 3.05) is 17.7 Å². The Morgan fingerprint density at radius 1 is 1.39 bits per heavy atom. The molecule has 0 saturated carbocycles. The van der Waals surface area contributed by atoms with Gasteiger partial charge in [-0.3, -0.25) is 4.98 Å². The van der Waals surface area contributed by atoms with E-state index in [1.807, 2.05) is 19.2 Å². The number of aromatic carboxylic acids is 1. The third kappa shape index (κ3) is 2.24. The Labute approximate surface area is 104 Å². The molecule has 0 fully saturated rings. The van der Waals surface area contributed by atoms with Gasteiger partial charge in [0.1, 0.15) is 0 Å². The van der Waals surface area contributed by atoms with Gasteiger partial charge < -0.3 is 15.7 Å². The first kappa shape index (κ1) is 11.9. The number of nitrogens with zero attached hydrogens (tertiary/aromatic N) is 2. The smallest absolute Gasteiger partial charge is 0.335 e. The van der Waals surface area contributed by atoms with Crippen LogP contribution < -0.4 is 10.6 Å². The molecule has 0 aliphatic carbocycles. The molecule has 1 aromatic carbocycles. The zero-order valence-electron chi connectivity index (χ0n) is 9.87. The normalized spacial score (nSPS) is 10.1. The van der Waals surface area contributed by atoms with Gasteiger partial charge in [-0.1, -0.05) is 0 Å². The third-order valence-corrected chi connectivity index (χ3v) is 2.67. The van der Waals surface area contributed by atoms with E-state index in [1.165, 1.54) is 6.07 Å². The first-order chi connectivity index (χ1) is 8.59. The Bertz CT molecular complexity index is 570. The van der Waals surface area contributed by atoms with Gasteiger partial charge in [-0.05, 0) is 30.3 Å². The number of anilines is 3. The molecule has 1 aromatic heterocycles. The molecule has 5 heteroatoms. The van der Waals surface area contributed by atoms with E-state index in [2.05, 4.69) is 4.98 Å². The number of carbonyl (C=O) groups is 1. The van der Waals surface area contributed by atoms with E-state index in [0.717, 1.165) is 5.69 Å². The average molecular weight is 243 g/mol. The zero-order valence-corrected chi connectivity index (χ0v) is 9.87. The summed E-state index contributed by atoms with van der Waals surface area (Å²) >= 11 is 0. The van der Waals surface area contributed by atoms with Crippen LogP contribution in [0, 0.1) is 0 Å². The number of nitrogens with two attached hydrogens (primary N) is 1. The maximum Gasteiger partial charge on any atom is 0.335 e. The number of carboxylic acid groups (broad SMARTS) is 1. The van der Waals surface area contributed by atoms with Crippen LogP contribution in [0.3, 0.4) is 0 Å². The van der Waals surface area contributed by atoms with Crippen LogP contribution >= 0.6 is 0 Å². The van der Waals surface area contributed by atoms with Crippen molar-refractivity contribution in [1.29, 1.82) is 0 Å². The summed E-state index contributed by atoms with van der Waals surface area (Å²) < 4.78 is 0. The summed E-state index contributed by atoms with van der Waals surface area (Å²) in [4.78, 5) is 16.8. The summed E-state index contributed by atoms with van der Waals surface area (Å²) in [5.74, 6) is -0.976. The number of nitrogen functional groups attached to an aromatic ring is 1. The van der Waals surface area contributed by atoms with E-state index in [-0.39, 0.29) is 5.56 Å². The van der Waals surface area contributed by atoms with Crippen molar-refractivity contribution < 1.29 is 9.90 Å². The van der Waals surface area contributed by atoms with Crippen LogP contribution in [0.25, 0.3) is 0 Å². The molecule has 0 aliphatic heterocycles. The van der Waals surface area contributed by atoms with Gasteiger partial charge in [-0.2, -0.15) is 0 Å². The van der Waals surface area contributed by atoms with Crippen molar-refractivity contribution in [2.45, 2.75) is 0 Å². The van der Waals surface area contributed by atoms with E-state index >= 15 is 0 Å². The Balaban J connectivity index is 2.44. The van der Waals surface area contributed by atoms with Gasteiger partial charge in [0, 0.05) is 13.2 Å². The topological polar surface area (TPSA) is 79.5 Å². The van der Waals surface area contributed by atoms with Crippen LogP contribution in [-0.4, -0.2) is 23.1 Å². The fourth-order valence-corrected chi connectivity index (χ4v) is 1.66. The summed E-state index contributed by atoms with van der Waals surface area (Å²) in [6, 6.07) is 8.30. The lowest BCUT2D eigenvalue weighted by atomic mass is 10.1. The lowest BCUT2D eigenvalue weighted by Crippen LogP contribution is -2.12. The lowest BCUT2D eigenvalue weighted by Gasteiger charge is -2.21. The van der Waals surface area contributed by atoms with Crippen LogP contribution in [0.5, 0.6) is 0 Å². The van der Waals surface area contributed by atoms with Gasteiger partial charge in [-0.15, -0.1) is 0 Å². The highest BCUT2D eigenvalue weighted by molar-refractivity contribution is 5.91. The minimum absolute atomic E-state index is 0.204. The average Bonchev–Trinajstić information content (AvgIpc) is 2.39. The number of carboxylic acids is 1. The Morgan fingerprint density at radius 2 is 2.17 bits per heavy atom. The fourth-order valence-electron chi connectivity index (χ4n) is 1.66. The van der Waals surface area contributed by atoms with Crippen LogP contribution in [0.1, 0.15) is 10.4 Å². The van der Waals surface area contributed by atoms with E-state index in [0.29, 0.717) is 11.4 Å². The number of hydrogen-bond acceptors (Lipinski definition) is 4. The van der Waals surface area contributed by atoms with Gasteiger partial charge in [0.15, 0.2) is 0 Å². The molecule has 0 spiro atoms. The molecule has 2 aromatic rings. The predicted molar refractivity (Wildman–Crippen MR) is 70.1 cm³/mol. The molecule has 2 rings (SSSR count). The van der Waals surface area contributed by atoms with Crippen LogP contribution in [0.4, 0.5) is 17.1 Å². The molecule has 5 nitrogen and oxygen atoms in total. The molecule has 0 unspecified atom stereocenters. The second-order valence-corrected chi connectivity index (χ2v) is 3.85. The summed E-state index contributed by atoms with van der Waals surface area (Å²) in [5.41, 5.74) is 8.08. The van der Waals surface area contributed by atoms with Crippen LogP contribution in [0.2, 0.25) is 0 Å². The highest BCUT2D eigenvalue weighted by atomic mass is 16.4. The van der Waals surface area contributed by atoms with Gasteiger partial charge in [-0.25, -0.2) is 4.79 Å². The summed E-state index contributed by atoms with van der Waals surface area (Å²) in [6.45, 7) is 0. The molecule has 0 amide bonds. The SMILES string of the molecule is CN(c1cccnc1)c1cc(C(=O)O)ccc1N. The molecule has 0 atom stereocenters. The Kier molecular flexibility index (Phi) is 3.14. The van der Waals surface area contributed by atoms with Gasteiger partial charge >= 0.3 is 5.97 Å². The minimum atomic E-state index is -0.976. The molecule has 1 heterocycles. The summed E-state index contributed by atoms with van der Waals surface area (Å²) in [6.07, 6.45) is 3.36. The maximum absolute atomic E-state index is 11.0. The lowest BCUT2D eigenvalue weighted by molar-refractivity contribution is 0.0697. The van der Waals surface area contributed by atoms with Crippen molar-refractivity contribution in [3.05, 3.63) is 48.3 Å². The molecule has 0 saturated heterocycles. The monoisotopic (exact) mass is 243 g/mol. The molecule has 0 aliphatic rings. The molecular weight excluding hydrogens is 230 g/mol. The number of hydrogen-bond donors (Lipinski definition) is 2. The van der Waals surface area contributed by atoms with E-state index in [9.17, 15) is 4.79 Å². The van der Waals surface area contributed by atoms with Gasteiger partial charge in [0.2, 0.25) is 0 Å². The molecular formula is C13H13N3O2. The number of pyridine rings is 1. The van der Waals surface area contributed by atoms with E-state index < -0.39 is 5.97 Å². The quantitative estimate of drug-likeness (QED) is 0.807. The second kappa shape index (κ2) is 4.75. The van der Waals surface area contributed by atoms with Gasteiger partial charge in [0.25, 0.3) is 0 Å². The number of rotatable bonds is 3. The van der Waals surface area contributed by atoms with E-state index in [1.54, 1.807) is 29.4 Å². The van der Waals surface area contributed by atoms with Crippen LogP contribution in [0.15, 0.2) is 42.7 Å². The largest absolute Gasteiger partial charge is 0.478 e. The first-order valence-corrected chi connectivity index (χ1v) is 5.36. The molecule has 3 N–H and O–H groups in total. The van der Waals surface area contributed by atoms with Crippen molar-refractivity contribution >= 4 is 23.0 Å². The highest BCUT2D eigenvalue weighted by Gasteiger charge is 2.11. The van der Waals surface area contributed by atoms with Gasteiger partial charge in [0.05, 0.1) is 28.8 Å². The first-order valence-electron chi connectivity index (χ1n) is 5.36. The van der Waals surface area contributed by atoms with Crippen molar-refractivity contribution in [2.24, 2.45) is 0 Å². The Morgan fingerprint density at radius 3 is 2.78 bits per heavy atom. The van der Waals surface area contributed by atoms with E-state index in [4.69, 9.17) is 10.8 Å². The molecule has 0 radical (unpaired) electrons. The fraction of sp³-hybridized carbons (Fsp3) is 0.0769. The number of aromatic nitrogens is 1. The predicted octanol–water partition coefficient (Wildman–Crippen LogP) is 2.13. The van der Waals surface area contributed by atoms with Crippen LogP contribution in [-0.2, 0) is 0 Å². The van der Waals surface area contributed by atoms with Crippen molar-refractivity contribution in [1.82, 2.24) is 4.98 Å². The Hall–Kier alpha value is -2.56. The zero-order chi connectivity index (χ0) is 13.1. The number of benzene rings is 1.